The predicted molar refractivity (Wildman–Crippen MR) is 59.8 cm³/mol. The maximum absolute atomic E-state index is 10.4. The number of ether oxygens (including phenoxy) is 1. The Bertz CT molecular complexity index is 401. The Morgan fingerprint density at radius 1 is 1.65 bits per heavy atom. The Kier molecular flexibility index (Phi) is 3.21. The minimum atomic E-state index is -0.859. The van der Waals surface area contributed by atoms with Crippen LogP contribution in [0.15, 0.2) is 18.3 Å². The minimum absolute atomic E-state index is 0.196. The molecule has 0 spiro atoms. The third kappa shape index (κ3) is 2.89. The van der Waals surface area contributed by atoms with E-state index in [1.807, 2.05) is 0 Å². The number of nitrogens with zero attached hydrogens (tertiary/aromatic N) is 2. The molecule has 2 N–H and O–H groups in total. The number of hydrogen-bond acceptors (Lipinski definition) is 6. The molecular formula is C10H13N3O4. The lowest BCUT2D eigenvalue weighted by Gasteiger charge is -2.20. The minimum Gasteiger partial charge on any atom is -0.386 e. The maximum atomic E-state index is 10.4. The molecule has 2 heterocycles. The largest absolute Gasteiger partial charge is 0.386 e. The van der Waals surface area contributed by atoms with Crippen LogP contribution in [0.1, 0.15) is 6.42 Å². The molecule has 1 aliphatic heterocycles. The molecule has 0 aliphatic carbocycles. The Morgan fingerprint density at radius 3 is 3.00 bits per heavy atom. The Balaban J connectivity index is 1.93. The molecule has 1 aliphatic rings. The van der Waals surface area contributed by atoms with Gasteiger partial charge in [-0.15, -0.1) is 0 Å². The SMILES string of the molecule is O=[N+]([O-])c1ccc(NCC2(O)CCOC2)cn1. The molecule has 0 aromatic carbocycles. The van der Waals surface area contributed by atoms with Crippen LogP contribution in [0.3, 0.4) is 0 Å². The number of aliphatic hydroxyl groups is 1. The number of anilines is 1. The van der Waals surface area contributed by atoms with Crippen LogP contribution in [0.25, 0.3) is 0 Å². The molecule has 0 saturated carbocycles. The molecule has 1 unspecified atom stereocenters. The lowest BCUT2D eigenvalue weighted by Crippen LogP contribution is -2.37. The highest BCUT2D eigenvalue weighted by Gasteiger charge is 2.31. The summed E-state index contributed by atoms with van der Waals surface area (Å²) in [4.78, 5) is 13.5. The van der Waals surface area contributed by atoms with Gasteiger partial charge in [0.15, 0.2) is 6.20 Å². The summed E-state index contributed by atoms with van der Waals surface area (Å²) >= 11 is 0. The fraction of sp³-hybridized carbons (Fsp3) is 0.500. The van der Waals surface area contributed by atoms with Crippen LogP contribution in [0.4, 0.5) is 11.5 Å². The second-order valence-corrected chi connectivity index (χ2v) is 4.04. The van der Waals surface area contributed by atoms with Crippen molar-refractivity contribution in [3.05, 3.63) is 28.4 Å². The third-order valence-corrected chi connectivity index (χ3v) is 2.64. The number of hydrogen-bond donors (Lipinski definition) is 2. The average molecular weight is 239 g/mol. The standard InChI is InChI=1S/C10H13N3O4/c14-10(3-4-17-7-10)6-12-8-1-2-9(11-5-8)13(15)16/h1-2,5,12,14H,3-4,6-7H2. The summed E-state index contributed by atoms with van der Waals surface area (Å²) in [6.45, 7) is 1.20. The van der Waals surface area contributed by atoms with Gasteiger partial charge in [0.1, 0.15) is 5.60 Å². The zero-order valence-electron chi connectivity index (χ0n) is 9.13. The second kappa shape index (κ2) is 4.64. The lowest BCUT2D eigenvalue weighted by molar-refractivity contribution is -0.389. The van der Waals surface area contributed by atoms with Crippen molar-refractivity contribution in [2.24, 2.45) is 0 Å². The molecular weight excluding hydrogens is 226 g/mol. The van der Waals surface area contributed by atoms with Crippen LogP contribution in [-0.4, -0.2) is 40.4 Å². The first-order valence-corrected chi connectivity index (χ1v) is 5.24. The van der Waals surface area contributed by atoms with Crippen LogP contribution in [-0.2, 0) is 4.74 Å². The zero-order valence-corrected chi connectivity index (χ0v) is 9.13. The number of rotatable bonds is 4. The van der Waals surface area contributed by atoms with Gasteiger partial charge in [-0.05, 0) is 16.0 Å². The van der Waals surface area contributed by atoms with Gasteiger partial charge in [0.05, 0.1) is 12.3 Å². The molecule has 7 heteroatoms. The van der Waals surface area contributed by atoms with Gasteiger partial charge in [0.25, 0.3) is 0 Å². The third-order valence-electron chi connectivity index (χ3n) is 2.64. The summed E-state index contributed by atoms with van der Waals surface area (Å²) in [5, 5.41) is 23.4. The molecule has 2 rings (SSSR count). The normalized spacial score (nSPS) is 23.6. The van der Waals surface area contributed by atoms with Gasteiger partial charge < -0.3 is 25.3 Å². The molecule has 1 atom stereocenters. The highest BCUT2D eigenvalue weighted by atomic mass is 16.6. The Morgan fingerprint density at radius 2 is 2.47 bits per heavy atom. The topological polar surface area (TPSA) is 97.5 Å². The first kappa shape index (κ1) is 11.7. The molecule has 1 fully saturated rings. The van der Waals surface area contributed by atoms with Crippen molar-refractivity contribution in [2.45, 2.75) is 12.0 Å². The molecule has 17 heavy (non-hydrogen) atoms. The molecule has 92 valence electrons. The van der Waals surface area contributed by atoms with Crippen LogP contribution < -0.4 is 5.32 Å². The van der Waals surface area contributed by atoms with E-state index in [9.17, 15) is 15.2 Å². The van der Waals surface area contributed by atoms with Crippen molar-refractivity contribution in [1.82, 2.24) is 4.98 Å². The fourth-order valence-corrected chi connectivity index (χ4v) is 1.60. The first-order valence-electron chi connectivity index (χ1n) is 5.24. The quantitative estimate of drug-likeness (QED) is 0.588. The van der Waals surface area contributed by atoms with Crippen LogP contribution in [0.2, 0.25) is 0 Å². The summed E-state index contributed by atoms with van der Waals surface area (Å²) in [5.41, 5.74) is -0.224. The van der Waals surface area contributed by atoms with E-state index in [1.54, 1.807) is 6.07 Å². The highest BCUT2D eigenvalue weighted by Crippen LogP contribution is 2.19. The van der Waals surface area contributed by atoms with Gasteiger partial charge in [-0.1, -0.05) is 0 Å². The average Bonchev–Trinajstić information content (AvgIpc) is 2.75. The summed E-state index contributed by atoms with van der Waals surface area (Å²) in [7, 11) is 0. The number of aromatic nitrogens is 1. The van der Waals surface area contributed by atoms with Crippen molar-refractivity contribution < 1.29 is 14.8 Å². The number of nitro groups is 1. The smallest absolute Gasteiger partial charge is 0.363 e. The molecule has 7 nitrogen and oxygen atoms in total. The van der Waals surface area contributed by atoms with E-state index in [4.69, 9.17) is 4.74 Å². The van der Waals surface area contributed by atoms with Crippen molar-refractivity contribution in [3.63, 3.8) is 0 Å². The van der Waals surface area contributed by atoms with Gasteiger partial charge in [-0.2, -0.15) is 0 Å². The van der Waals surface area contributed by atoms with Crippen molar-refractivity contribution in [1.29, 1.82) is 0 Å². The highest BCUT2D eigenvalue weighted by molar-refractivity contribution is 5.43. The van der Waals surface area contributed by atoms with E-state index in [0.717, 1.165) is 0 Å². The van der Waals surface area contributed by atoms with Crippen LogP contribution in [0.5, 0.6) is 0 Å². The van der Waals surface area contributed by atoms with Crippen molar-refractivity contribution in [2.75, 3.05) is 25.1 Å². The molecule has 1 aromatic heterocycles. The van der Waals surface area contributed by atoms with E-state index >= 15 is 0 Å². The second-order valence-electron chi connectivity index (χ2n) is 4.04. The van der Waals surface area contributed by atoms with Crippen LogP contribution >= 0.6 is 0 Å². The fourth-order valence-electron chi connectivity index (χ4n) is 1.60. The van der Waals surface area contributed by atoms with Gasteiger partial charge in [0, 0.05) is 25.6 Å². The van der Waals surface area contributed by atoms with E-state index in [-0.39, 0.29) is 5.82 Å². The first-order chi connectivity index (χ1) is 8.09. The van der Waals surface area contributed by atoms with E-state index < -0.39 is 10.5 Å². The monoisotopic (exact) mass is 239 g/mol. The Labute approximate surface area is 97.6 Å². The summed E-state index contributed by atoms with van der Waals surface area (Å²) in [6, 6.07) is 2.88. The molecule has 1 saturated heterocycles. The molecule has 0 amide bonds. The zero-order chi connectivity index (χ0) is 12.3. The lowest BCUT2D eigenvalue weighted by atomic mass is 10.0. The van der Waals surface area contributed by atoms with E-state index in [2.05, 4.69) is 10.3 Å². The number of pyridine rings is 1. The van der Waals surface area contributed by atoms with Crippen molar-refractivity contribution >= 4 is 11.5 Å². The van der Waals surface area contributed by atoms with Gasteiger partial charge in [0.2, 0.25) is 0 Å². The summed E-state index contributed by atoms with van der Waals surface area (Å²) in [6.07, 6.45) is 1.96. The van der Waals surface area contributed by atoms with Gasteiger partial charge >= 0.3 is 5.82 Å². The molecule has 0 bridgehead atoms. The molecule has 0 radical (unpaired) electrons. The van der Waals surface area contributed by atoms with Gasteiger partial charge in [-0.25, -0.2) is 0 Å². The summed E-state index contributed by atoms with van der Waals surface area (Å²) in [5.74, 6) is -0.196. The summed E-state index contributed by atoms with van der Waals surface area (Å²) < 4.78 is 5.10. The maximum Gasteiger partial charge on any atom is 0.363 e. The van der Waals surface area contributed by atoms with Crippen molar-refractivity contribution in [3.8, 4) is 0 Å². The predicted octanol–water partition coefficient (Wildman–Crippen LogP) is 0.553. The number of nitrogens with one attached hydrogen (secondary N) is 1. The van der Waals surface area contributed by atoms with Gasteiger partial charge in [-0.3, -0.25) is 0 Å². The molecule has 1 aromatic rings. The Hall–Kier alpha value is -1.73. The van der Waals surface area contributed by atoms with E-state index in [0.29, 0.717) is 31.9 Å². The van der Waals surface area contributed by atoms with E-state index in [1.165, 1.54) is 12.3 Å². The van der Waals surface area contributed by atoms with Crippen LogP contribution in [0, 0.1) is 10.1 Å².